The molecule has 2 N–H and O–H groups in total. The molecule has 8 heteroatoms. The van der Waals surface area contributed by atoms with E-state index >= 15 is 0 Å². The number of benzene rings is 1. The minimum absolute atomic E-state index is 0.0612. The smallest absolute Gasteiger partial charge is 0.418 e. The number of aromatic nitrogens is 2. The van der Waals surface area contributed by atoms with E-state index in [0.29, 0.717) is 10.9 Å². The van der Waals surface area contributed by atoms with Gasteiger partial charge >= 0.3 is 6.18 Å². The summed E-state index contributed by atoms with van der Waals surface area (Å²) in [5.41, 5.74) is 6.48. The van der Waals surface area contributed by atoms with E-state index in [4.69, 9.17) is 10.5 Å². The van der Waals surface area contributed by atoms with Crippen molar-refractivity contribution < 1.29 is 22.6 Å². The Bertz CT molecular complexity index is 707. The third-order valence-electron chi connectivity index (χ3n) is 3.80. The Labute approximate surface area is 124 Å². The van der Waals surface area contributed by atoms with E-state index in [0.717, 1.165) is 20.0 Å². The van der Waals surface area contributed by atoms with E-state index in [1.807, 2.05) is 0 Å². The van der Waals surface area contributed by atoms with E-state index in [-0.39, 0.29) is 23.2 Å². The number of fused-ring (bicyclic) bond motifs is 1. The largest absolute Gasteiger partial charge is 0.496 e. The van der Waals surface area contributed by atoms with Gasteiger partial charge in [-0.05, 0) is 18.9 Å². The molecule has 2 aromatic rings. The second kappa shape index (κ2) is 5.05. The van der Waals surface area contributed by atoms with E-state index in [2.05, 4.69) is 9.84 Å². The second-order valence-electron chi connectivity index (χ2n) is 5.30. The highest BCUT2D eigenvalue weighted by Crippen LogP contribution is 2.46. The molecule has 1 aromatic carbocycles. The maximum atomic E-state index is 13.1. The predicted octanol–water partition coefficient (Wildman–Crippen LogP) is 3.21. The average molecular weight is 315 g/mol. The van der Waals surface area contributed by atoms with E-state index < -0.39 is 12.3 Å². The lowest BCUT2D eigenvalue weighted by Gasteiger charge is -2.21. The van der Waals surface area contributed by atoms with Crippen LogP contribution in [0.5, 0.6) is 5.75 Å². The summed E-state index contributed by atoms with van der Waals surface area (Å²) in [6.45, 7) is 0. The van der Waals surface area contributed by atoms with Crippen molar-refractivity contribution in [2.75, 3.05) is 20.0 Å². The minimum atomic E-state index is -4.54. The van der Waals surface area contributed by atoms with Gasteiger partial charge < -0.3 is 15.2 Å². The molecule has 0 amide bonds. The SMILES string of the molecule is COc1c(C(OC)C(F)(F)F)ccc2c1c(N)nn2C1CC1. The quantitative estimate of drug-likeness (QED) is 0.941. The molecule has 1 heterocycles. The van der Waals surface area contributed by atoms with Crippen LogP contribution in [0, 0.1) is 0 Å². The van der Waals surface area contributed by atoms with Crippen molar-refractivity contribution in [1.82, 2.24) is 9.78 Å². The van der Waals surface area contributed by atoms with E-state index in [1.54, 1.807) is 10.7 Å². The Kier molecular flexibility index (Phi) is 3.43. The van der Waals surface area contributed by atoms with Gasteiger partial charge in [0, 0.05) is 12.7 Å². The van der Waals surface area contributed by atoms with Crippen LogP contribution in [-0.2, 0) is 4.74 Å². The van der Waals surface area contributed by atoms with Gasteiger partial charge in [0.1, 0.15) is 5.75 Å². The Morgan fingerprint density at radius 2 is 2.00 bits per heavy atom. The third-order valence-corrected chi connectivity index (χ3v) is 3.80. The maximum absolute atomic E-state index is 13.1. The molecule has 0 aliphatic heterocycles. The Hall–Kier alpha value is -1.96. The van der Waals surface area contributed by atoms with Crippen LogP contribution in [0.15, 0.2) is 12.1 Å². The van der Waals surface area contributed by atoms with Crippen molar-refractivity contribution in [3.05, 3.63) is 17.7 Å². The summed E-state index contributed by atoms with van der Waals surface area (Å²) < 4.78 is 51.0. The number of hydrogen-bond acceptors (Lipinski definition) is 4. The number of nitrogens with two attached hydrogens (primary N) is 1. The van der Waals surface area contributed by atoms with Gasteiger partial charge in [-0.2, -0.15) is 18.3 Å². The van der Waals surface area contributed by atoms with Crippen LogP contribution in [-0.4, -0.2) is 30.2 Å². The van der Waals surface area contributed by atoms with Crippen LogP contribution in [0.2, 0.25) is 0 Å². The highest BCUT2D eigenvalue weighted by Gasteiger charge is 2.43. The number of alkyl halides is 3. The molecule has 1 aromatic heterocycles. The van der Waals surface area contributed by atoms with Gasteiger partial charge in [-0.25, -0.2) is 0 Å². The summed E-state index contributed by atoms with van der Waals surface area (Å²) in [6, 6.07) is 3.21. The topological polar surface area (TPSA) is 62.3 Å². The van der Waals surface area contributed by atoms with Gasteiger partial charge in [0.15, 0.2) is 11.9 Å². The molecule has 0 bridgehead atoms. The monoisotopic (exact) mass is 315 g/mol. The lowest BCUT2D eigenvalue weighted by atomic mass is 10.0. The molecule has 1 unspecified atom stereocenters. The van der Waals surface area contributed by atoms with Gasteiger partial charge in [-0.1, -0.05) is 6.07 Å². The first-order valence-corrected chi connectivity index (χ1v) is 6.82. The summed E-state index contributed by atoms with van der Waals surface area (Å²) in [4.78, 5) is 0. The normalized spacial score (nSPS) is 17.0. The van der Waals surface area contributed by atoms with E-state index in [9.17, 15) is 13.2 Å². The average Bonchev–Trinajstić information content (AvgIpc) is 3.23. The number of nitrogen functional groups attached to an aromatic ring is 1. The Morgan fingerprint density at radius 3 is 2.50 bits per heavy atom. The fourth-order valence-electron chi connectivity index (χ4n) is 2.71. The second-order valence-corrected chi connectivity index (χ2v) is 5.30. The summed E-state index contributed by atoms with van der Waals surface area (Å²) in [7, 11) is 2.33. The number of hydrogen-bond donors (Lipinski definition) is 1. The van der Waals surface area contributed by atoms with Crippen molar-refractivity contribution in [2.45, 2.75) is 31.2 Å². The molecule has 0 spiro atoms. The molecule has 120 valence electrons. The first-order valence-electron chi connectivity index (χ1n) is 6.82. The third kappa shape index (κ3) is 2.27. The number of anilines is 1. The zero-order chi connectivity index (χ0) is 16.1. The predicted molar refractivity (Wildman–Crippen MR) is 74.8 cm³/mol. The lowest BCUT2D eigenvalue weighted by Crippen LogP contribution is -2.23. The first kappa shape index (κ1) is 15.0. The number of rotatable bonds is 4. The maximum Gasteiger partial charge on any atom is 0.418 e. The highest BCUT2D eigenvalue weighted by molar-refractivity contribution is 5.96. The van der Waals surface area contributed by atoms with Gasteiger partial charge in [0.2, 0.25) is 0 Å². The van der Waals surface area contributed by atoms with Crippen LogP contribution in [0.4, 0.5) is 19.0 Å². The fourth-order valence-corrected chi connectivity index (χ4v) is 2.71. The molecule has 1 aliphatic rings. The Balaban J connectivity index is 2.22. The Morgan fingerprint density at radius 1 is 1.32 bits per heavy atom. The zero-order valence-electron chi connectivity index (χ0n) is 12.1. The molecule has 3 rings (SSSR count). The summed E-state index contributed by atoms with van der Waals surface area (Å²) in [5, 5.41) is 4.64. The molecule has 1 atom stereocenters. The van der Waals surface area contributed by atoms with Crippen molar-refractivity contribution in [2.24, 2.45) is 0 Å². The summed E-state index contributed by atoms with van der Waals surface area (Å²) in [5.74, 6) is 0.226. The molecular formula is C14H16F3N3O2. The lowest BCUT2D eigenvalue weighted by molar-refractivity contribution is -0.216. The van der Waals surface area contributed by atoms with E-state index in [1.165, 1.54) is 13.2 Å². The van der Waals surface area contributed by atoms with Gasteiger partial charge in [0.25, 0.3) is 0 Å². The van der Waals surface area contributed by atoms with Gasteiger partial charge in [0.05, 0.1) is 24.1 Å². The standard InChI is InChI=1S/C14H16F3N3O2/c1-21-11-8(12(22-2)14(15,16)17)5-6-9-10(11)13(18)19-20(9)7-3-4-7/h5-7,12H,3-4H2,1-2H3,(H2,18,19). The molecular weight excluding hydrogens is 299 g/mol. The van der Waals surface area contributed by atoms with Crippen molar-refractivity contribution in [1.29, 1.82) is 0 Å². The van der Waals surface area contributed by atoms with Crippen LogP contribution in [0.3, 0.4) is 0 Å². The van der Waals surface area contributed by atoms with Crippen LogP contribution < -0.4 is 10.5 Å². The van der Waals surface area contributed by atoms with Crippen molar-refractivity contribution in [3.63, 3.8) is 0 Å². The number of methoxy groups -OCH3 is 2. The molecule has 5 nitrogen and oxygen atoms in total. The molecule has 0 radical (unpaired) electrons. The highest BCUT2D eigenvalue weighted by atomic mass is 19.4. The first-order chi connectivity index (χ1) is 10.4. The molecule has 1 saturated carbocycles. The van der Waals surface area contributed by atoms with Crippen LogP contribution >= 0.6 is 0 Å². The number of nitrogens with zero attached hydrogens (tertiary/aromatic N) is 2. The van der Waals surface area contributed by atoms with Gasteiger partial charge in [-0.3, -0.25) is 4.68 Å². The fraction of sp³-hybridized carbons (Fsp3) is 0.500. The number of halogens is 3. The summed E-state index contributed by atoms with van der Waals surface area (Å²) >= 11 is 0. The molecule has 1 fully saturated rings. The molecule has 0 saturated heterocycles. The van der Waals surface area contributed by atoms with Crippen LogP contribution in [0.1, 0.15) is 30.6 Å². The number of ether oxygens (including phenoxy) is 2. The van der Waals surface area contributed by atoms with Gasteiger partial charge in [-0.15, -0.1) is 0 Å². The van der Waals surface area contributed by atoms with Crippen LogP contribution in [0.25, 0.3) is 10.9 Å². The minimum Gasteiger partial charge on any atom is -0.496 e. The summed E-state index contributed by atoms with van der Waals surface area (Å²) in [6.07, 6.45) is -4.64. The molecule has 22 heavy (non-hydrogen) atoms. The van der Waals surface area contributed by atoms with Crippen molar-refractivity contribution >= 4 is 16.7 Å². The zero-order valence-corrected chi connectivity index (χ0v) is 12.1. The molecule has 1 aliphatic carbocycles. The van der Waals surface area contributed by atoms with Crippen molar-refractivity contribution in [3.8, 4) is 5.75 Å².